The molecule has 0 N–H and O–H groups in total. The van der Waals surface area contributed by atoms with Gasteiger partial charge in [0.05, 0.1) is 6.04 Å². The van der Waals surface area contributed by atoms with Crippen LogP contribution in [0.25, 0.3) is 0 Å². The Labute approximate surface area is 131 Å². The van der Waals surface area contributed by atoms with Crippen LogP contribution in [0.5, 0.6) is 0 Å². The van der Waals surface area contributed by atoms with E-state index in [1.54, 1.807) is 4.90 Å². The van der Waals surface area contributed by atoms with Crippen LogP contribution in [-0.2, 0) is 20.9 Å². The number of hydrogen-bond donors (Lipinski definition) is 0. The Bertz CT molecular complexity index is 550. The summed E-state index contributed by atoms with van der Waals surface area (Å²) in [6.45, 7) is 2.20. The Morgan fingerprint density at radius 2 is 2.05 bits per heavy atom. The fraction of sp³-hybridized carbons (Fsp3) is 0.467. The highest BCUT2D eigenvalue weighted by Gasteiger charge is 2.62. The molecule has 1 aliphatic carbocycles. The quantitative estimate of drug-likeness (QED) is 0.618. The molecule has 3 fully saturated rings. The van der Waals surface area contributed by atoms with Crippen molar-refractivity contribution < 1.29 is 19.1 Å². The molecule has 1 aromatic carbocycles. The molecule has 0 aromatic heterocycles. The van der Waals surface area contributed by atoms with Crippen LogP contribution < -0.4 is 0 Å². The summed E-state index contributed by atoms with van der Waals surface area (Å²) >= 11 is 3.55. The molecule has 21 heavy (non-hydrogen) atoms. The largest absolute Gasteiger partial charge is 0.460 e. The Hall–Kier alpha value is -1.56. The van der Waals surface area contributed by atoms with Crippen molar-refractivity contribution in [3.63, 3.8) is 0 Å². The monoisotopic (exact) mass is 353 g/mol. The summed E-state index contributed by atoms with van der Waals surface area (Å²) < 4.78 is 10.6. The van der Waals surface area contributed by atoms with Crippen LogP contribution in [-0.4, -0.2) is 40.5 Å². The van der Waals surface area contributed by atoms with Gasteiger partial charge in [0.15, 0.2) is 0 Å². The Morgan fingerprint density at radius 1 is 1.33 bits per heavy atom. The number of halogens is 1. The second-order valence-electron chi connectivity index (χ2n) is 5.37. The van der Waals surface area contributed by atoms with E-state index < -0.39 is 0 Å². The third kappa shape index (κ3) is 2.64. The lowest BCUT2D eigenvalue weighted by Gasteiger charge is -2.39. The first-order valence-corrected chi connectivity index (χ1v) is 7.78. The maximum Gasteiger partial charge on any atom is 0.410 e. The average molecular weight is 354 g/mol. The molecule has 112 valence electrons. The molecule has 2 saturated heterocycles. The van der Waals surface area contributed by atoms with Crippen LogP contribution in [0.4, 0.5) is 4.79 Å². The summed E-state index contributed by atoms with van der Waals surface area (Å²) in [4.78, 5) is 25.1. The van der Waals surface area contributed by atoms with Crippen molar-refractivity contribution in [3.05, 3.63) is 35.9 Å². The van der Waals surface area contributed by atoms with Crippen molar-refractivity contribution in [2.75, 3.05) is 6.54 Å². The van der Waals surface area contributed by atoms with E-state index >= 15 is 0 Å². The summed E-state index contributed by atoms with van der Waals surface area (Å²) in [5, 5.41) is 0. The lowest BCUT2D eigenvalue weighted by Crippen LogP contribution is -2.56. The number of rotatable bonds is 3. The summed E-state index contributed by atoms with van der Waals surface area (Å²) in [5.74, 6) is -0.155. The highest BCUT2D eigenvalue weighted by Crippen LogP contribution is 2.47. The number of alkyl halides is 1. The van der Waals surface area contributed by atoms with Gasteiger partial charge < -0.3 is 9.47 Å². The van der Waals surface area contributed by atoms with Gasteiger partial charge in [0.1, 0.15) is 12.7 Å². The average Bonchev–Trinajstić information content (AvgIpc) is 3.02. The number of carbonyl (C=O) groups excluding carboxylic acids is 2. The van der Waals surface area contributed by atoms with E-state index in [4.69, 9.17) is 9.47 Å². The Kier molecular flexibility index (Phi) is 3.89. The van der Waals surface area contributed by atoms with Crippen LogP contribution >= 0.6 is 15.9 Å². The molecule has 0 radical (unpaired) electrons. The van der Waals surface area contributed by atoms with Crippen molar-refractivity contribution in [3.8, 4) is 0 Å². The second kappa shape index (κ2) is 5.67. The van der Waals surface area contributed by atoms with E-state index in [1.165, 1.54) is 6.92 Å². The van der Waals surface area contributed by atoms with E-state index in [0.717, 1.165) is 5.56 Å². The first kappa shape index (κ1) is 14.4. The molecule has 2 aliphatic heterocycles. The molecule has 4 atom stereocenters. The summed E-state index contributed by atoms with van der Waals surface area (Å²) in [6, 6.07) is 9.42. The number of hydrogen-bond acceptors (Lipinski definition) is 4. The van der Waals surface area contributed by atoms with E-state index in [2.05, 4.69) is 15.9 Å². The number of benzene rings is 1. The maximum absolute atomic E-state index is 12.2. The minimum Gasteiger partial charge on any atom is -0.460 e. The van der Waals surface area contributed by atoms with Gasteiger partial charge in [-0.2, -0.15) is 0 Å². The Morgan fingerprint density at radius 3 is 2.71 bits per heavy atom. The third-order valence-electron chi connectivity index (χ3n) is 4.00. The van der Waals surface area contributed by atoms with E-state index in [1.807, 2.05) is 30.3 Å². The SMILES string of the molecule is CC(=O)O[C@H]1[C@@H]2CN(C(=O)OCc3ccccc3)[C@H]1[C@@H]2Br. The third-order valence-corrected chi connectivity index (χ3v) is 5.22. The molecule has 1 amide bonds. The van der Waals surface area contributed by atoms with Crippen molar-refractivity contribution in [1.82, 2.24) is 4.90 Å². The number of ether oxygens (including phenoxy) is 2. The van der Waals surface area contributed by atoms with Gasteiger partial charge in [-0.3, -0.25) is 9.69 Å². The fourth-order valence-electron chi connectivity index (χ4n) is 2.97. The summed E-state index contributed by atoms with van der Waals surface area (Å²) in [5.41, 5.74) is 0.948. The molecule has 4 rings (SSSR count). The van der Waals surface area contributed by atoms with Crippen LogP contribution in [0.15, 0.2) is 30.3 Å². The molecule has 0 spiro atoms. The van der Waals surface area contributed by atoms with Gasteiger partial charge in [-0.05, 0) is 5.56 Å². The lowest BCUT2D eigenvalue weighted by molar-refractivity contribution is -0.154. The zero-order valence-electron chi connectivity index (χ0n) is 11.6. The highest BCUT2D eigenvalue weighted by molar-refractivity contribution is 9.09. The van der Waals surface area contributed by atoms with Crippen molar-refractivity contribution in [1.29, 1.82) is 0 Å². The number of carbonyl (C=O) groups is 2. The molecular weight excluding hydrogens is 338 g/mol. The van der Waals surface area contributed by atoms with Crippen LogP contribution in [0.2, 0.25) is 0 Å². The van der Waals surface area contributed by atoms with Gasteiger partial charge in [-0.15, -0.1) is 0 Å². The van der Waals surface area contributed by atoms with Crippen molar-refractivity contribution >= 4 is 28.0 Å². The first-order valence-electron chi connectivity index (χ1n) is 6.86. The minimum absolute atomic E-state index is 0.123. The summed E-state index contributed by atoms with van der Waals surface area (Å²) in [7, 11) is 0. The molecule has 1 saturated carbocycles. The summed E-state index contributed by atoms with van der Waals surface area (Å²) in [6.07, 6.45) is -0.568. The number of esters is 1. The molecule has 6 heteroatoms. The predicted molar refractivity (Wildman–Crippen MR) is 78.9 cm³/mol. The van der Waals surface area contributed by atoms with Crippen molar-refractivity contribution in [2.24, 2.45) is 5.92 Å². The number of amides is 1. The topological polar surface area (TPSA) is 55.8 Å². The molecule has 2 bridgehead atoms. The predicted octanol–water partition coefficient (Wildman–Crippen LogP) is 2.33. The van der Waals surface area contributed by atoms with Gasteiger partial charge in [-0.25, -0.2) is 4.79 Å². The van der Waals surface area contributed by atoms with E-state index in [-0.39, 0.29) is 41.6 Å². The first-order chi connectivity index (χ1) is 10.1. The maximum atomic E-state index is 12.2. The minimum atomic E-state index is -0.356. The van der Waals surface area contributed by atoms with Gasteiger partial charge in [0.2, 0.25) is 0 Å². The van der Waals surface area contributed by atoms with Gasteiger partial charge in [-0.1, -0.05) is 46.3 Å². The molecule has 5 nitrogen and oxygen atoms in total. The number of nitrogens with zero attached hydrogens (tertiary/aromatic N) is 1. The lowest BCUT2D eigenvalue weighted by atomic mass is 9.82. The number of fused-ring (bicyclic) bond motifs is 1. The zero-order valence-corrected chi connectivity index (χ0v) is 13.2. The smallest absolute Gasteiger partial charge is 0.410 e. The van der Waals surface area contributed by atoms with E-state index in [9.17, 15) is 9.59 Å². The molecule has 1 aromatic rings. The molecule has 0 unspecified atom stereocenters. The molecule has 2 heterocycles. The van der Waals surface area contributed by atoms with Gasteiger partial charge >= 0.3 is 12.1 Å². The van der Waals surface area contributed by atoms with Crippen LogP contribution in [0.1, 0.15) is 12.5 Å². The molecular formula is C15H16BrNO4. The van der Waals surface area contributed by atoms with Crippen LogP contribution in [0, 0.1) is 5.92 Å². The van der Waals surface area contributed by atoms with Gasteiger partial charge in [0.25, 0.3) is 0 Å². The standard InChI is InChI=1S/C15H16BrNO4/c1-9(18)21-14-11-7-17(13(14)12(11)16)15(19)20-8-10-5-3-2-4-6-10/h2-6,11-14H,7-8H2,1H3/t11-,12-,13+,14+/m1/s1. The Balaban J connectivity index is 1.58. The van der Waals surface area contributed by atoms with E-state index in [0.29, 0.717) is 6.54 Å². The second-order valence-corrected chi connectivity index (χ2v) is 6.42. The fourth-order valence-corrected chi connectivity index (χ4v) is 4.03. The molecule has 3 aliphatic rings. The van der Waals surface area contributed by atoms with Crippen molar-refractivity contribution in [2.45, 2.75) is 30.5 Å². The zero-order chi connectivity index (χ0) is 15.0. The normalized spacial score (nSPS) is 29.7. The van der Waals surface area contributed by atoms with Gasteiger partial charge in [0, 0.05) is 24.2 Å². The highest BCUT2D eigenvalue weighted by atomic mass is 79.9. The van der Waals surface area contributed by atoms with Crippen LogP contribution in [0.3, 0.4) is 0 Å².